The van der Waals surface area contributed by atoms with E-state index >= 15 is 0 Å². The summed E-state index contributed by atoms with van der Waals surface area (Å²) < 4.78 is 0. The van der Waals surface area contributed by atoms with Gasteiger partial charge in [-0.25, -0.2) is 4.99 Å². The van der Waals surface area contributed by atoms with E-state index in [9.17, 15) is 0 Å². The third kappa shape index (κ3) is 1.71. The van der Waals surface area contributed by atoms with Gasteiger partial charge >= 0.3 is 0 Å². The standard InChI is InChI=1S/C7H10N4/c1-10(2)7-3-4-11(5-8)6-9-7/h3-4H,6H2,1-2H3. The van der Waals surface area contributed by atoms with Crippen molar-refractivity contribution < 1.29 is 0 Å². The average Bonchev–Trinajstić information content (AvgIpc) is 2.05. The van der Waals surface area contributed by atoms with Gasteiger partial charge in [0.1, 0.15) is 12.5 Å². The van der Waals surface area contributed by atoms with Gasteiger partial charge < -0.3 is 4.90 Å². The highest BCUT2D eigenvalue weighted by Gasteiger charge is 2.04. The van der Waals surface area contributed by atoms with Crippen LogP contribution in [0, 0.1) is 11.5 Å². The zero-order chi connectivity index (χ0) is 8.27. The summed E-state index contributed by atoms with van der Waals surface area (Å²) in [5.74, 6) is 0.900. The van der Waals surface area contributed by atoms with Crippen LogP contribution in [0.4, 0.5) is 0 Å². The lowest BCUT2D eigenvalue weighted by molar-refractivity contribution is 0.518. The van der Waals surface area contributed by atoms with Crippen LogP contribution in [0.25, 0.3) is 0 Å². The quantitative estimate of drug-likeness (QED) is 0.464. The Morgan fingerprint density at radius 1 is 1.73 bits per heavy atom. The molecule has 4 heteroatoms. The van der Waals surface area contributed by atoms with Gasteiger partial charge in [0.2, 0.25) is 0 Å². The van der Waals surface area contributed by atoms with E-state index in [1.165, 1.54) is 4.90 Å². The Hall–Kier alpha value is -1.50. The SMILES string of the molecule is CN(C)C1=NCN(C#N)C=C1. The highest BCUT2D eigenvalue weighted by atomic mass is 15.2. The lowest BCUT2D eigenvalue weighted by atomic mass is 10.4. The molecule has 0 bridgehead atoms. The molecule has 0 saturated carbocycles. The average molecular weight is 150 g/mol. The Morgan fingerprint density at radius 2 is 2.45 bits per heavy atom. The van der Waals surface area contributed by atoms with Crippen molar-refractivity contribution in [3.63, 3.8) is 0 Å². The monoisotopic (exact) mass is 150 g/mol. The molecule has 58 valence electrons. The molecule has 0 aromatic rings. The zero-order valence-electron chi connectivity index (χ0n) is 6.65. The molecule has 0 N–H and O–H groups in total. The molecule has 0 aromatic carbocycles. The van der Waals surface area contributed by atoms with Gasteiger partial charge in [0.05, 0.1) is 0 Å². The van der Waals surface area contributed by atoms with Crippen LogP contribution in [0.2, 0.25) is 0 Å². The lowest BCUT2D eigenvalue weighted by Gasteiger charge is -2.18. The zero-order valence-corrected chi connectivity index (χ0v) is 6.65. The van der Waals surface area contributed by atoms with Crippen LogP contribution in [0.3, 0.4) is 0 Å². The second kappa shape index (κ2) is 3.06. The van der Waals surface area contributed by atoms with Crippen LogP contribution in [0.1, 0.15) is 0 Å². The van der Waals surface area contributed by atoms with Gasteiger partial charge in [-0.1, -0.05) is 0 Å². The maximum atomic E-state index is 8.46. The van der Waals surface area contributed by atoms with E-state index < -0.39 is 0 Å². The Morgan fingerprint density at radius 3 is 2.82 bits per heavy atom. The van der Waals surface area contributed by atoms with Crippen LogP contribution in [0.5, 0.6) is 0 Å². The van der Waals surface area contributed by atoms with Gasteiger partial charge in [0, 0.05) is 20.3 Å². The Labute approximate surface area is 66.0 Å². The van der Waals surface area contributed by atoms with Gasteiger partial charge in [0.25, 0.3) is 0 Å². The lowest BCUT2D eigenvalue weighted by Crippen LogP contribution is -2.26. The summed E-state index contributed by atoms with van der Waals surface area (Å²) in [6, 6.07) is 0. The number of rotatable bonds is 0. The molecular formula is C7H10N4. The van der Waals surface area contributed by atoms with E-state index in [1.54, 1.807) is 6.20 Å². The Balaban J connectivity index is 2.61. The van der Waals surface area contributed by atoms with E-state index in [2.05, 4.69) is 4.99 Å². The van der Waals surface area contributed by atoms with Crippen LogP contribution in [-0.2, 0) is 0 Å². The molecule has 4 nitrogen and oxygen atoms in total. The number of likely N-dealkylation sites (N-methyl/N-ethyl adjacent to an activating group) is 1. The summed E-state index contributed by atoms with van der Waals surface area (Å²) in [4.78, 5) is 7.51. The minimum atomic E-state index is 0.431. The first-order valence-corrected chi connectivity index (χ1v) is 3.30. The molecule has 1 heterocycles. The Kier molecular flexibility index (Phi) is 2.12. The van der Waals surface area contributed by atoms with Gasteiger partial charge in [-0.05, 0) is 6.08 Å². The van der Waals surface area contributed by atoms with E-state index in [0.29, 0.717) is 6.67 Å². The number of nitrogens with zero attached hydrogens (tertiary/aromatic N) is 4. The minimum absolute atomic E-state index is 0.431. The van der Waals surface area contributed by atoms with Crippen molar-refractivity contribution in [3.8, 4) is 6.19 Å². The Bertz CT molecular complexity index is 233. The van der Waals surface area contributed by atoms with Gasteiger partial charge in [-0.2, -0.15) is 5.26 Å². The molecule has 1 aliphatic heterocycles. The van der Waals surface area contributed by atoms with Crippen molar-refractivity contribution in [1.29, 1.82) is 5.26 Å². The van der Waals surface area contributed by atoms with Crippen molar-refractivity contribution in [1.82, 2.24) is 9.80 Å². The molecule has 0 atom stereocenters. The van der Waals surface area contributed by atoms with Crippen LogP contribution in [-0.4, -0.2) is 36.4 Å². The van der Waals surface area contributed by atoms with Crippen molar-refractivity contribution in [3.05, 3.63) is 12.3 Å². The highest BCUT2D eigenvalue weighted by molar-refractivity contribution is 5.92. The van der Waals surface area contributed by atoms with Crippen molar-refractivity contribution in [2.45, 2.75) is 0 Å². The number of nitriles is 1. The third-order valence-corrected chi connectivity index (χ3v) is 1.38. The maximum Gasteiger partial charge on any atom is 0.185 e. The molecule has 0 fully saturated rings. The topological polar surface area (TPSA) is 42.6 Å². The molecule has 0 saturated heterocycles. The summed E-state index contributed by atoms with van der Waals surface area (Å²) >= 11 is 0. The van der Waals surface area contributed by atoms with Crippen LogP contribution < -0.4 is 0 Å². The second-order valence-electron chi connectivity index (χ2n) is 2.44. The largest absolute Gasteiger partial charge is 0.363 e. The summed E-state index contributed by atoms with van der Waals surface area (Å²) in [6.45, 7) is 0.431. The first kappa shape index (κ1) is 7.61. The first-order valence-electron chi connectivity index (χ1n) is 3.30. The normalized spacial score (nSPS) is 15.7. The van der Waals surface area contributed by atoms with Gasteiger partial charge in [-0.3, -0.25) is 4.90 Å². The molecule has 0 amide bonds. The third-order valence-electron chi connectivity index (χ3n) is 1.38. The van der Waals surface area contributed by atoms with E-state index in [0.717, 1.165) is 5.84 Å². The molecule has 0 radical (unpaired) electrons. The van der Waals surface area contributed by atoms with Crippen molar-refractivity contribution in [2.24, 2.45) is 4.99 Å². The van der Waals surface area contributed by atoms with Crippen molar-refractivity contribution >= 4 is 5.84 Å². The number of hydrogen-bond acceptors (Lipinski definition) is 4. The van der Waals surface area contributed by atoms with E-state index in [4.69, 9.17) is 5.26 Å². The molecule has 0 aromatic heterocycles. The fourth-order valence-electron chi connectivity index (χ4n) is 0.761. The summed E-state index contributed by atoms with van der Waals surface area (Å²) in [6.07, 6.45) is 5.52. The predicted octanol–water partition coefficient (Wildman–Crippen LogP) is 0.214. The molecule has 0 aliphatic carbocycles. The number of hydrogen-bond donors (Lipinski definition) is 0. The fourth-order valence-corrected chi connectivity index (χ4v) is 0.761. The predicted molar refractivity (Wildman–Crippen MR) is 42.6 cm³/mol. The molecule has 1 aliphatic rings. The van der Waals surface area contributed by atoms with Crippen LogP contribution >= 0.6 is 0 Å². The molecule has 0 spiro atoms. The van der Waals surface area contributed by atoms with Crippen LogP contribution in [0.15, 0.2) is 17.3 Å². The number of aliphatic imine (C=N–C) groups is 1. The summed E-state index contributed by atoms with van der Waals surface area (Å²) in [5.41, 5.74) is 0. The highest BCUT2D eigenvalue weighted by Crippen LogP contribution is 1.98. The van der Waals surface area contributed by atoms with Crippen molar-refractivity contribution in [2.75, 3.05) is 20.8 Å². The first-order chi connectivity index (χ1) is 5.24. The number of amidine groups is 1. The maximum absolute atomic E-state index is 8.46. The fraction of sp³-hybridized carbons (Fsp3) is 0.429. The molecular weight excluding hydrogens is 140 g/mol. The minimum Gasteiger partial charge on any atom is -0.363 e. The molecule has 1 rings (SSSR count). The van der Waals surface area contributed by atoms with E-state index in [-0.39, 0.29) is 0 Å². The smallest absolute Gasteiger partial charge is 0.185 e. The second-order valence-corrected chi connectivity index (χ2v) is 2.44. The van der Waals surface area contributed by atoms with Gasteiger partial charge in [-0.15, -0.1) is 0 Å². The molecule has 0 unspecified atom stereocenters. The molecule has 11 heavy (non-hydrogen) atoms. The van der Waals surface area contributed by atoms with Gasteiger partial charge in [0.15, 0.2) is 6.19 Å². The summed E-state index contributed by atoms with van der Waals surface area (Å²) in [5, 5.41) is 8.46. The van der Waals surface area contributed by atoms with E-state index in [1.807, 2.05) is 31.3 Å². The summed E-state index contributed by atoms with van der Waals surface area (Å²) in [7, 11) is 3.84.